The van der Waals surface area contributed by atoms with Crippen LogP contribution in [-0.2, 0) is 0 Å². The minimum absolute atomic E-state index is 0.0594. The largest absolute Gasteiger partial charge is 0.412 e. The molecule has 1 amide bonds. The van der Waals surface area contributed by atoms with Gasteiger partial charge in [-0.2, -0.15) is 0 Å². The SMILES string of the molecule is Cc1ccc(OC(=O)NCCCO)cc1C. The van der Waals surface area contributed by atoms with Gasteiger partial charge < -0.3 is 15.2 Å². The minimum Gasteiger partial charge on any atom is -0.410 e. The second-order valence-electron chi connectivity index (χ2n) is 3.64. The Kier molecular flexibility index (Phi) is 4.79. The van der Waals surface area contributed by atoms with Crippen molar-refractivity contribution in [3.05, 3.63) is 29.3 Å². The van der Waals surface area contributed by atoms with Crippen molar-refractivity contribution in [2.45, 2.75) is 20.3 Å². The molecule has 1 aromatic rings. The normalized spacial score (nSPS) is 9.94. The molecule has 0 heterocycles. The van der Waals surface area contributed by atoms with E-state index in [0.29, 0.717) is 18.7 Å². The zero-order chi connectivity index (χ0) is 12.0. The first-order valence-corrected chi connectivity index (χ1v) is 5.27. The predicted molar refractivity (Wildman–Crippen MR) is 61.6 cm³/mol. The van der Waals surface area contributed by atoms with Crippen molar-refractivity contribution in [2.75, 3.05) is 13.2 Å². The molecule has 1 aromatic carbocycles. The quantitative estimate of drug-likeness (QED) is 0.765. The van der Waals surface area contributed by atoms with E-state index in [1.165, 1.54) is 0 Å². The van der Waals surface area contributed by atoms with E-state index in [0.717, 1.165) is 11.1 Å². The summed E-state index contributed by atoms with van der Waals surface area (Å²) in [5.41, 5.74) is 2.24. The minimum atomic E-state index is -0.489. The number of rotatable bonds is 4. The van der Waals surface area contributed by atoms with Crippen LogP contribution in [0, 0.1) is 13.8 Å². The summed E-state index contributed by atoms with van der Waals surface area (Å²) in [6.45, 7) is 4.44. The molecule has 4 nitrogen and oxygen atoms in total. The fourth-order valence-electron chi connectivity index (χ4n) is 1.19. The second kappa shape index (κ2) is 6.12. The molecule has 0 radical (unpaired) electrons. The van der Waals surface area contributed by atoms with Gasteiger partial charge >= 0.3 is 6.09 Å². The second-order valence-corrected chi connectivity index (χ2v) is 3.64. The first-order chi connectivity index (χ1) is 7.63. The van der Waals surface area contributed by atoms with Crippen molar-refractivity contribution in [1.29, 1.82) is 0 Å². The molecule has 0 aliphatic rings. The van der Waals surface area contributed by atoms with E-state index in [9.17, 15) is 4.79 Å². The molecule has 0 saturated heterocycles. The van der Waals surface area contributed by atoms with Crippen LogP contribution < -0.4 is 10.1 Å². The van der Waals surface area contributed by atoms with Gasteiger partial charge in [0.15, 0.2) is 0 Å². The van der Waals surface area contributed by atoms with Gasteiger partial charge in [-0.05, 0) is 43.5 Å². The molecule has 0 atom stereocenters. The highest BCUT2D eigenvalue weighted by Crippen LogP contribution is 2.16. The Bertz CT molecular complexity index is 363. The van der Waals surface area contributed by atoms with Crippen molar-refractivity contribution in [3.63, 3.8) is 0 Å². The van der Waals surface area contributed by atoms with Crippen LogP contribution in [0.25, 0.3) is 0 Å². The average molecular weight is 223 g/mol. The predicted octanol–water partition coefficient (Wildman–Crippen LogP) is 1.77. The molecular weight excluding hydrogens is 206 g/mol. The zero-order valence-corrected chi connectivity index (χ0v) is 9.62. The first kappa shape index (κ1) is 12.5. The van der Waals surface area contributed by atoms with Crippen LogP contribution in [-0.4, -0.2) is 24.4 Å². The molecule has 4 heteroatoms. The zero-order valence-electron chi connectivity index (χ0n) is 9.62. The Labute approximate surface area is 95.2 Å². The van der Waals surface area contributed by atoms with Gasteiger partial charge in [-0.15, -0.1) is 0 Å². The summed E-state index contributed by atoms with van der Waals surface area (Å²) in [4.78, 5) is 11.3. The van der Waals surface area contributed by atoms with Crippen LogP contribution in [0.4, 0.5) is 4.79 Å². The molecule has 0 aliphatic carbocycles. The van der Waals surface area contributed by atoms with Gasteiger partial charge in [0, 0.05) is 13.2 Å². The summed E-state index contributed by atoms with van der Waals surface area (Å²) in [6, 6.07) is 5.49. The Balaban J connectivity index is 2.46. The number of benzene rings is 1. The van der Waals surface area contributed by atoms with Gasteiger partial charge in [0.2, 0.25) is 0 Å². The maximum Gasteiger partial charge on any atom is 0.412 e. The maximum atomic E-state index is 11.3. The third-order valence-corrected chi connectivity index (χ3v) is 2.29. The number of aliphatic hydroxyl groups is 1. The van der Waals surface area contributed by atoms with E-state index in [1.807, 2.05) is 26.0 Å². The highest BCUT2D eigenvalue weighted by Gasteiger charge is 2.04. The molecule has 0 aromatic heterocycles. The van der Waals surface area contributed by atoms with Crippen LogP contribution in [0.3, 0.4) is 0 Å². The fraction of sp³-hybridized carbons (Fsp3) is 0.417. The van der Waals surface area contributed by atoms with Crippen LogP contribution >= 0.6 is 0 Å². The van der Waals surface area contributed by atoms with Gasteiger partial charge in [0.25, 0.3) is 0 Å². The van der Waals surface area contributed by atoms with E-state index in [4.69, 9.17) is 9.84 Å². The number of nitrogens with one attached hydrogen (secondary N) is 1. The van der Waals surface area contributed by atoms with Crippen molar-refractivity contribution in [3.8, 4) is 5.75 Å². The lowest BCUT2D eigenvalue weighted by Crippen LogP contribution is -2.28. The van der Waals surface area contributed by atoms with Crippen LogP contribution in [0.2, 0.25) is 0 Å². The van der Waals surface area contributed by atoms with Crippen LogP contribution in [0.5, 0.6) is 5.75 Å². The standard InChI is InChI=1S/C12H17NO3/c1-9-4-5-11(8-10(9)2)16-12(15)13-6-3-7-14/h4-5,8,14H,3,6-7H2,1-2H3,(H,13,15). The number of carbonyl (C=O) groups is 1. The summed E-state index contributed by atoms with van der Waals surface area (Å²) >= 11 is 0. The molecule has 1 rings (SSSR count). The summed E-state index contributed by atoms with van der Waals surface area (Å²) in [5, 5.41) is 11.1. The lowest BCUT2D eigenvalue weighted by Gasteiger charge is -2.07. The summed E-state index contributed by atoms with van der Waals surface area (Å²) in [7, 11) is 0. The lowest BCUT2D eigenvalue weighted by molar-refractivity contribution is 0.198. The number of amides is 1. The van der Waals surface area contributed by atoms with Gasteiger partial charge in [-0.1, -0.05) is 6.07 Å². The Morgan fingerprint density at radius 2 is 2.12 bits per heavy atom. The molecule has 0 aliphatic heterocycles. The van der Waals surface area contributed by atoms with E-state index >= 15 is 0 Å². The smallest absolute Gasteiger partial charge is 0.410 e. The fourth-order valence-corrected chi connectivity index (χ4v) is 1.19. The van der Waals surface area contributed by atoms with Crippen molar-refractivity contribution >= 4 is 6.09 Å². The van der Waals surface area contributed by atoms with E-state index in [-0.39, 0.29) is 6.61 Å². The topological polar surface area (TPSA) is 58.6 Å². The summed E-state index contributed by atoms with van der Waals surface area (Å²) in [6.07, 6.45) is 0.0406. The highest BCUT2D eigenvalue weighted by molar-refractivity contribution is 5.70. The van der Waals surface area contributed by atoms with E-state index < -0.39 is 6.09 Å². The maximum absolute atomic E-state index is 11.3. The highest BCUT2D eigenvalue weighted by atomic mass is 16.6. The summed E-state index contributed by atoms with van der Waals surface area (Å²) < 4.78 is 5.07. The number of hydrogen-bond acceptors (Lipinski definition) is 3. The van der Waals surface area contributed by atoms with Gasteiger partial charge in [-0.25, -0.2) is 4.79 Å². The molecule has 2 N–H and O–H groups in total. The molecule has 16 heavy (non-hydrogen) atoms. The Hall–Kier alpha value is -1.55. The van der Waals surface area contributed by atoms with E-state index in [2.05, 4.69) is 5.32 Å². The van der Waals surface area contributed by atoms with Crippen molar-refractivity contribution < 1.29 is 14.6 Å². The third kappa shape index (κ3) is 3.90. The van der Waals surface area contributed by atoms with Gasteiger partial charge in [0.05, 0.1) is 0 Å². The molecule has 0 bridgehead atoms. The number of aryl methyl sites for hydroxylation is 2. The molecule has 0 spiro atoms. The number of hydrogen-bond donors (Lipinski definition) is 2. The number of carbonyl (C=O) groups excluding carboxylic acids is 1. The Morgan fingerprint density at radius 1 is 1.38 bits per heavy atom. The third-order valence-electron chi connectivity index (χ3n) is 2.29. The molecular formula is C12H17NO3. The molecule has 0 unspecified atom stereocenters. The molecule has 0 fully saturated rings. The van der Waals surface area contributed by atoms with Crippen LogP contribution in [0.1, 0.15) is 17.5 Å². The lowest BCUT2D eigenvalue weighted by atomic mass is 10.1. The summed E-state index contributed by atoms with van der Waals surface area (Å²) in [5.74, 6) is 0.532. The monoisotopic (exact) mass is 223 g/mol. The van der Waals surface area contributed by atoms with Gasteiger partial charge in [-0.3, -0.25) is 0 Å². The average Bonchev–Trinajstić information content (AvgIpc) is 2.24. The molecule has 0 saturated carbocycles. The first-order valence-electron chi connectivity index (χ1n) is 5.27. The van der Waals surface area contributed by atoms with E-state index in [1.54, 1.807) is 6.07 Å². The number of aliphatic hydroxyl groups excluding tert-OH is 1. The number of ether oxygens (including phenoxy) is 1. The Morgan fingerprint density at radius 3 is 2.75 bits per heavy atom. The van der Waals surface area contributed by atoms with Crippen molar-refractivity contribution in [1.82, 2.24) is 5.32 Å². The van der Waals surface area contributed by atoms with Gasteiger partial charge in [0.1, 0.15) is 5.75 Å². The van der Waals surface area contributed by atoms with Crippen LogP contribution in [0.15, 0.2) is 18.2 Å². The van der Waals surface area contributed by atoms with Crippen molar-refractivity contribution in [2.24, 2.45) is 0 Å². The molecule has 88 valence electrons.